The average molecular weight is 226 g/mol. The highest BCUT2D eigenvalue weighted by atomic mass is 32.1. The van der Waals surface area contributed by atoms with Gasteiger partial charge in [0.25, 0.3) is 0 Å². The molecule has 78 valence electrons. The highest BCUT2D eigenvalue weighted by Gasteiger charge is 2.07. The Bertz CT molecular complexity index is 553. The maximum Gasteiger partial charge on any atom is 0.513 e. The number of ether oxygens (including phenoxy) is 2. The van der Waals surface area contributed by atoms with Gasteiger partial charge in [-0.1, -0.05) is 11.3 Å². The smallest absolute Gasteiger partial charge is 0.437 e. The summed E-state index contributed by atoms with van der Waals surface area (Å²) < 4.78 is 14.6. The second kappa shape index (κ2) is 3.74. The Labute approximate surface area is 87.8 Å². The maximum atomic E-state index is 10.9. The molecule has 0 unspecified atom stereocenters. The molecule has 0 amide bonds. The zero-order chi connectivity index (χ0) is 10.8. The number of hydrogen-bond acceptors (Lipinski definition) is 6. The first-order valence-corrected chi connectivity index (χ1v) is 4.80. The van der Waals surface area contributed by atoms with E-state index >= 15 is 0 Å². The first kappa shape index (κ1) is 9.72. The summed E-state index contributed by atoms with van der Waals surface area (Å²) in [6.45, 7) is 0. The topological polar surface area (TPSA) is 65.7 Å². The molecule has 0 spiro atoms. The number of carbonyl (C=O) groups excluding carboxylic acids is 1. The third kappa shape index (κ3) is 1.99. The van der Waals surface area contributed by atoms with Gasteiger partial charge in [0.05, 0.1) is 11.8 Å². The Morgan fingerprint density at radius 2 is 2.27 bits per heavy atom. The first-order chi connectivity index (χ1) is 7.19. The third-order valence-corrected chi connectivity index (χ3v) is 2.48. The fraction of sp³-hybridized carbons (Fsp3) is 0.111. The zero-order valence-electron chi connectivity index (χ0n) is 7.68. The summed E-state index contributed by atoms with van der Waals surface area (Å²) in [4.78, 5) is 21.3. The quantitative estimate of drug-likeness (QED) is 0.549. The van der Waals surface area contributed by atoms with Gasteiger partial charge in [-0.15, -0.1) is 0 Å². The maximum absolute atomic E-state index is 10.9. The van der Waals surface area contributed by atoms with Crippen molar-refractivity contribution in [1.82, 2.24) is 0 Å². The summed E-state index contributed by atoms with van der Waals surface area (Å²) in [6, 6.07) is 4.66. The minimum atomic E-state index is -0.813. The fourth-order valence-corrected chi connectivity index (χ4v) is 1.70. The van der Waals surface area contributed by atoms with Crippen LogP contribution < -0.4 is 9.68 Å². The van der Waals surface area contributed by atoms with Gasteiger partial charge in [0.15, 0.2) is 5.58 Å². The summed E-state index contributed by atoms with van der Waals surface area (Å²) in [5.41, 5.74) is 0.395. The molecule has 6 heteroatoms. The van der Waals surface area contributed by atoms with Gasteiger partial charge in [-0.25, -0.2) is 9.59 Å². The van der Waals surface area contributed by atoms with Crippen LogP contribution in [0.15, 0.2) is 27.4 Å². The van der Waals surface area contributed by atoms with Crippen LogP contribution in [-0.2, 0) is 4.74 Å². The SMILES string of the molecule is COC(=O)Oc1ccc2sc(=O)oc2c1. The van der Waals surface area contributed by atoms with Gasteiger partial charge in [0.2, 0.25) is 0 Å². The van der Waals surface area contributed by atoms with E-state index in [0.29, 0.717) is 10.3 Å². The van der Waals surface area contributed by atoms with E-state index in [1.165, 1.54) is 13.2 Å². The lowest BCUT2D eigenvalue weighted by Crippen LogP contribution is -2.06. The lowest BCUT2D eigenvalue weighted by atomic mass is 10.3. The van der Waals surface area contributed by atoms with Gasteiger partial charge in [0, 0.05) is 6.07 Å². The van der Waals surface area contributed by atoms with Crippen molar-refractivity contribution in [2.75, 3.05) is 7.11 Å². The minimum absolute atomic E-state index is 0.274. The summed E-state index contributed by atoms with van der Waals surface area (Å²) in [6.07, 6.45) is -0.813. The monoisotopic (exact) mass is 226 g/mol. The van der Waals surface area contributed by atoms with Crippen LogP contribution in [0.1, 0.15) is 0 Å². The molecule has 1 aromatic carbocycles. The Morgan fingerprint density at radius 1 is 1.47 bits per heavy atom. The molecule has 0 saturated carbocycles. The Balaban J connectivity index is 2.38. The number of rotatable bonds is 1. The molecule has 0 saturated heterocycles. The number of benzene rings is 1. The Kier molecular flexibility index (Phi) is 2.42. The molecule has 0 atom stereocenters. The van der Waals surface area contributed by atoms with Crippen molar-refractivity contribution in [3.8, 4) is 5.75 Å². The van der Waals surface area contributed by atoms with Crippen LogP contribution in [0.5, 0.6) is 5.75 Å². The van der Waals surface area contributed by atoms with Gasteiger partial charge in [-0.2, -0.15) is 0 Å². The van der Waals surface area contributed by atoms with Crippen molar-refractivity contribution < 1.29 is 18.7 Å². The van der Waals surface area contributed by atoms with Crippen LogP contribution in [0.25, 0.3) is 10.3 Å². The minimum Gasteiger partial charge on any atom is -0.437 e. The van der Waals surface area contributed by atoms with Gasteiger partial charge >= 0.3 is 11.1 Å². The molecule has 5 nitrogen and oxygen atoms in total. The van der Waals surface area contributed by atoms with Crippen molar-refractivity contribution in [3.63, 3.8) is 0 Å². The molecule has 0 N–H and O–H groups in total. The molecule has 0 aliphatic carbocycles. The van der Waals surface area contributed by atoms with Crippen molar-refractivity contribution in [2.45, 2.75) is 0 Å². The normalized spacial score (nSPS) is 10.2. The molecule has 0 aliphatic heterocycles. The molecule has 2 rings (SSSR count). The molecule has 2 aromatic rings. The van der Waals surface area contributed by atoms with Crippen molar-refractivity contribution in [1.29, 1.82) is 0 Å². The highest BCUT2D eigenvalue weighted by molar-refractivity contribution is 7.16. The molecular formula is C9H6O5S. The Morgan fingerprint density at radius 3 is 3.00 bits per heavy atom. The van der Waals surface area contributed by atoms with E-state index in [4.69, 9.17) is 9.15 Å². The molecule has 0 bridgehead atoms. The van der Waals surface area contributed by atoms with Crippen molar-refractivity contribution in [3.05, 3.63) is 27.9 Å². The van der Waals surface area contributed by atoms with E-state index in [1.807, 2.05) is 0 Å². The number of fused-ring (bicyclic) bond motifs is 1. The van der Waals surface area contributed by atoms with Gasteiger partial charge in [-0.3, -0.25) is 0 Å². The van der Waals surface area contributed by atoms with Crippen LogP contribution in [0.2, 0.25) is 0 Å². The van der Waals surface area contributed by atoms with Crippen LogP contribution in [0.3, 0.4) is 0 Å². The third-order valence-electron chi connectivity index (χ3n) is 1.67. The zero-order valence-corrected chi connectivity index (χ0v) is 8.50. The van der Waals surface area contributed by atoms with E-state index in [9.17, 15) is 9.59 Å². The molecule has 0 radical (unpaired) electrons. The van der Waals surface area contributed by atoms with E-state index in [2.05, 4.69) is 4.74 Å². The van der Waals surface area contributed by atoms with Crippen molar-refractivity contribution in [2.24, 2.45) is 0 Å². The number of hydrogen-bond donors (Lipinski definition) is 0. The number of carbonyl (C=O) groups is 1. The van der Waals surface area contributed by atoms with E-state index in [0.717, 1.165) is 11.3 Å². The second-order valence-corrected chi connectivity index (χ2v) is 3.60. The van der Waals surface area contributed by atoms with Crippen LogP contribution in [0.4, 0.5) is 4.79 Å². The van der Waals surface area contributed by atoms with Crippen LogP contribution >= 0.6 is 11.3 Å². The summed E-state index contributed by atoms with van der Waals surface area (Å²) in [5.74, 6) is 0.274. The van der Waals surface area contributed by atoms with Crippen molar-refractivity contribution >= 4 is 27.8 Å². The molecule has 1 heterocycles. The number of methoxy groups -OCH3 is 1. The van der Waals surface area contributed by atoms with Gasteiger partial charge in [0.1, 0.15) is 5.75 Å². The second-order valence-electron chi connectivity index (χ2n) is 2.62. The summed E-state index contributed by atoms with van der Waals surface area (Å²) in [5, 5.41) is 0. The summed E-state index contributed by atoms with van der Waals surface area (Å²) in [7, 11) is 1.21. The molecule has 0 fully saturated rings. The van der Waals surface area contributed by atoms with E-state index < -0.39 is 6.16 Å². The standard InChI is InChI=1S/C9H6O5S/c1-12-8(10)13-5-2-3-7-6(4-5)14-9(11)15-7/h2-4H,1H3. The van der Waals surface area contributed by atoms with E-state index in [-0.39, 0.29) is 10.7 Å². The highest BCUT2D eigenvalue weighted by Crippen LogP contribution is 2.22. The molecule has 15 heavy (non-hydrogen) atoms. The largest absolute Gasteiger partial charge is 0.513 e. The van der Waals surface area contributed by atoms with Gasteiger partial charge < -0.3 is 13.9 Å². The summed E-state index contributed by atoms with van der Waals surface area (Å²) >= 11 is 0.992. The lowest BCUT2D eigenvalue weighted by molar-refractivity contribution is 0.121. The Hall–Kier alpha value is -1.82. The molecular weight excluding hydrogens is 220 g/mol. The predicted octanol–water partition coefficient (Wildman–Crippen LogP) is 2.00. The average Bonchev–Trinajstić information content (AvgIpc) is 2.57. The van der Waals surface area contributed by atoms with Crippen LogP contribution in [-0.4, -0.2) is 13.3 Å². The first-order valence-electron chi connectivity index (χ1n) is 3.98. The molecule has 1 aromatic heterocycles. The fourth-order valence-electron chi connectivity index (χ4n) is 1.05. The lowest BCUT2D eigenvalue weighted by Gasteiger charge is -2.00. The van der Waals surface area contributed by atoms with E-state index in [1.54, 1.807) is 12.1 Å². The van der Waals surface area contributed by atoms with Gasteiger partial charge in [-0.05, 0) is 12.1 Å². The molecule has 0 aliphatic rings. The predicted molar refractivity (Wildman–Crippen MR) is 53.4 cm³/mol. The van der Waals surface area contributed by atoms with Crippen LogP contribution in [0, 0.1) is 0 Å².